The van der Waals surface area contributed by atoms with Crippen LogP contribution < -0.4 is 4.74 Å². The normalized spacial score (nSPS) is 30.8. The van der Waals surface area contributed by atoms with Gasteiger partial charge in [-0.25, -0.2) is 0 Å². The predicted molar refractivity (Wildman–Crippen MR) is 107 cm³/mol. The van der Waals surface area contributed by atoms with Gasteiger partial charge in [0.2, 0.25) is 0 Å². The van der Waals surface area contributed by atoms with Crippen LogP contribution in [0.4, 0.5) is 0 Å². The van der Waals surface area contributed by atoms with Crippen LogP contribution in [0, 0.1) is 17.2 Å². The number of aliphatic hydroxyl groups is 2. The molecule has 2 aliphatic rings. The number of rotatable bonds is 3. The van der Waals surface area contributed by atoms with E-state index >= 15 is 0 Å². The molecule has 5 rings (SSSR count). The van der Waals surface area contributed by atoms with Crippen molar-refractivity contribution >= 4 is 5.97 Å². The number of fused-ring (bicyclic) bond motifs is 3. The maximum atomic E-state index is 12.4. The van der Waals surface area contributed by atoms with Crippen molar-refractivity contribution in [3.63, 3.8) is 0 Å². The van der Waals surface area contributed by atoms with Crippen LogP contribution in [0.5, 0.6) is 5.75 Å². The zero-order valence-electron chi connectivity index (χ0n) is 16.5. The van der Waals surface area contributed by atoms with Crippen molar-refractivity contribution in [3.05, 3.63) is 83.2 Å². The molecule has 0 amide bonds. The molecule has 2 aromatic carbocycles. The highest BCUT2D eigenvalue weighted by Gasteiger charge is 2.78. The molecule has 5 atom stereocenters. The third kappa shape index (κ3) is 2.30. The number of ether oxygens (including phenoxy) is 1. The van der Waals surface area contributed by atoms with E-state index in [1.807, 2.05) is 6.07 Å². The molecule has 0 bridgehead atoms. The molecular formula is C23H19N3O5. The summed E-state index contributed by atoms with van der Waals surface area (Å²) in [6, 6.07) is 17.3. The summed E-state index contributed by atoms with van der Waals surface area (Å²) in [5.74, 6) is -3.27. The molecule has 1 saturated carbocycles. The Bertz CT molecular complexity index is 1220. The molecule has 1 aliphatic heterocycles. The number of carbonyl (C=O) groups is 1. The molecule has 1 aliphatic carbocycles. The van der Waals surface area contributed by atoms with Crippen molar-refractivity contribution in [2.45, 2.75) is 23.2 Å². The van der Waals surface area contributed by atoms with E-state index in [1.165, 1.54) is 4.68 Å². The molecule has 3 N–H and O–H groups in total. The van der Waals surface area contributed by atoms with Gasteiger partial charge in [-0.3, -0.25) is 9.48 Å². The fourth-order valence-electron chi connectivity index (χ4n) is 5.22. The Morgan fingerprint density at radius 2 is 1.87 bits per heavy atom. The van der Waals surface area contributed by atoms with Gasteiger partial charge in [0.25, 0.3) is 0 Å². The molecule has 2 heterocycles. The number of aliphatic carboxylic acids is 1. The van der Waals surface area contributed by atoms with Crippen LogP contribution in [0.25, 0.3) is 0 Å². The van der Waals surface area contributed by atoms with Crippen molar-refractivity contribution < 1.29 is 24.9 Å². The second-order valence-electron chi connectivity index (χ2n) is 8.01. The highest BCUT2D eigenvalue weighted by Crippen LogP contribution is 2.68. The van der Waals surface area contributed by atoms with E-state index in [9.17, 15) is 25.4 Å². The molecule has 1 aromatic heterocycles. The first-order chi connectivity index (χ1) is 14.8. The Balaban J connectivity index is 1.85. The molecule has 0 spiro atoms. The number of hydrogen-bond acceptors (Lipinski definition) is 6. The van der Waals surface area contributed by atoms with Crippen molar-refractivity contribution in [1.29, 1.82) is 5.26 Å². The van der Waals surface area contributed by atoms with Gasteiger partial charge in [0.1, 0.15) is 11.8 Å². The molecule has 1 fully saturated rings. The summed E-state index contributed by atoms with van der Waals surface area (Å²) in [5, 5.41) is 47.0. The summed E-state index contributed by atoms with van der Waals surface area (Å²) in [4.78, 5) is 12.4. The first kappa shape index (κ1) is 19.3. The standard InChI is InChI=1S/C23H19N3O5/c1-26-12-16-19(25-26)22(30)20(27)17(21(28)29)18(14-5-3-2-4-6-14)23(22,31-16)15-9-7-13(11-24)8-10-15/h2-10,12,17-18,20,27,30H,1H3,(H,28,29)/t17-,18-,20-,22+,23+/m1/s1. The van der Waals surface area contributed by atoms with Crippen molar-refractivity contribution in [2.75, 3.05) is 0 Å². The molecule has 0 unspecified atom stereocenters. The van der Waals surface area contributed by atoms with Gasteiger partial charge in [-0.15, -0.1) is 0 Å². The molecule has 3 aromatic rings. The van der Waals surface area contributed by atoms with Crippen molar-refractivity contribution in [2.24, 2.45) is 13.0 Å². The molecule has 0 saturated heterocycles. The number of nitriles is 1. The van der Waals surface area contributed by atoms with E-state index in [1.54, 1.807) is 67.8 Å². The first-order valence-electron chi connectivity index (χ1n) is 9.76. The maximum absolute atomic E-state index is 12.4. The number of hydrogen-bond donors (Lipinski definition) is 3. The zero-order chi connectivity index (χ0) is 22.0. The van der Waals surface area contributed by atoms with Crippen LogP contribution in [0.1, 0.15) is 28.3 Å². The largest absolute Gasteiger partial charge is 0.481 e. The third-order valence-corrected chi connectivity index (χ3v) is 6.45. The summed E-state index contributed by atoms with van der Waals surface area (Å²) in [7, 11) is 1.65. The third-order valence-electron chi connectivity index (χ3n) is 6.45. The number of carboxylic acid groups (broad SMARTS) is 1. The van der Waals surface area contributed by atoms with Gasteiger partial charge in [-0.2, -0.15) is 10.4 Å². The van der Waals surface area contributed by atoms with Crippen LogP contribution in [0.2, 0.25) is 0 Å². The van der Waals surface area contributed by atoms with Gasteiger partial charge >= 0.3 is 5.97 Å². The summed E-state index contributed by atoms with van der Waals surface area (Å²) in [6.45, 7) is 0. The fourth-order valence-corrected chi connectivity index (χ4v) is 5.22. The smallest absolute Gasteiger partial charge is 0.310 e. The van der Waals surface area contributed by atoms with Crippen LogP contribution >= 0.6 is 0 Å². The highest BCUT2D eigenvalue weighted by molar-refractivity contribution is 5.75. The number of nitrogens with zero attached hydrogens (tertiary/aromatic N) is 3. The summed E-state index contributed by atoms with van der Waals surface area (Å²) >= 11 is 0. The van der Waals surface area contributed by atoms with Gasteiger partial charge < -0.3 is 20.1 Å². The van der Waals surface area contributed by atoms with Crippen LogP contribution in [-0.2, 0) is 23.0 Å². The lowest BCUT2D eigenvalue weighted by Crippen LogP contribution is -2.52. The Kier molecular flexibility index (Phi) is 3.99. The zero-order valence-corrected chi connectivity index (χ0v) is 16.5. The molecule has 31 heavy (non-hydrogen) atoms. The van der Waals surface area contributed by atoms with E-state index < -0.39 is 35.1 Å². The summed E-state index contributed by atoms with van der Waals surface area (Å²) < 4.78 is 7.83. The number of aryl methyl sites for hydroxylation is 1. The number of benzene rings is 2. The Morgan fingerprint density at radius 1 is 1.19 bits per heavy atom. The summed E-state index contributed by atoms with van der Waals surface area (Å²) in [6.07, 6.45) is -0.108. The highest BCUT2D eigenvalue weighted by atomic mass is 16.5. The first-order valence-corrected chi connectivity index (χ1v) is 9.76. The second-order valence-corrected chi connectivity index (χ2v) is 8.01. The van der Waals surface area contributed by atoms with E-state index in [-0.39, 0.29) is 11.4 Å². The monoisotopic (exact) mass is 417 g/mol. The van der Waals surface area contributed by atoms with Crippen LogP contribution in [0.15, 0.2) is 60.8 Å². The summed E-state index contributed by atoms with van der Waals surface area (Å²) in [5.41, 5.74) is -2.23. The number of aromatic nitrogens is 2. The average molecular weight is 417 g/mol. The minimum absolute atomic E-state index is 0.0940. The molecular weight excluding hydrogens is 398 g/mol. The number of aliphatic hydroxyl groups excluding tert-OH is 1. The average Bonchev–Trinajstić information content (AvgIpc) is 3.32. The Morgan fingerprint density at radius 3 is 2.48 bits per heavy atom. The van der Waals surface area contributed by atoms with Gasteiger partial charge in [0.15, 0.2) is 17.0 Å². The van der Waals surface area contributed by atoms with Crippen LogP contribution in [0.3, 0.4) is 0 Å². The second kappa shape index (κ2) is 6.41. The Labute approximate surface area is 177 Å². The van der Waals surface area contributed by atoms with E-state index in [4.69, 9.17) is 4.74 Å². The van der Waals surface area contributed by atoms with Gasteiger partial charge in [0, 0.05) is 13.0 Å². The lowest BCUT2D eigenvalue weighted by molar-refractivity contribution is -0.161. The van der Waals surface area contributed by atoms with Crippen LogP contribution in [-0.4, -0.2) is 37.2 Å². The Hall–Kier alpha value is -3.67. The SMILES string of the molecule is Cn1cc2c(n1)[C@]1(O)[C@H](O)[C@H](C(=O)O)[C@@H](c3ccccc3)[C@]1(c1ccc(C#N)cc1)O2. The number of carboxylic acids is 1. The lowest BCUT2D eigenvalue weighted by atomic mass is 9.71. The predicted octanol–water partition coefficient (Wildman–Crippen LogP) is 1.63. The lowest BCUT2D eigenvalue weighted by Gasteiger charge is -2.40. The molecule has 156 valence electrons. The van der Waals surface area contributed by atoms with Crippen molar-refractivity contribution in [1.82, 2.24) is 9.78 Å². The molecule has 8 heteroatoms. The minimum Gasteiger partial charge on any atom is -0.481 e. The quantitative estimate of drug-likeness (QED) is 0.591. The van der Waals surface area contributed by atoms with E-state index in [0.29, 0.717) is 16.7 Å². The van der Waals surface area contributed by atoms with Gasteiger partial charge in [0.05, 0.1) is 23.7 Å². The van der Waals surface area contributed by atoms with E-state index in [0.717, 1.165) is 0 Å². The van der Waals surface area contributed by atoms with E-state index in [2.05, 4.69) is 5.10 Å². The van der Waals surface area contributed by atoms with Crippen molar-refractivity contribution in [3.8, 4) is 11.8 Å². The maximum Gasteiger partial charge on any atom is 0.310 e. The van der Waals surface area contributed by atoms with Gasteiger partial charge in [-0.1, -0.05) is 42.5 Å². The molecule has 8 nitrogen and oxygen atoms in total. The minimum atomic E-state index is -2.12. The van der Waals surface area contributed by atoms with Gasteiger partial charge in [-0.05, 0) is 23.3 Å². The fraction of sp³-hybridized carbons (Fsp3) is 0.261. The topological polar surface area (TPSA) is 129 Å². The molecule has 0 radical (unpaired) electrons.